The molecule has 0 aliphatic carbocycles. The highest BCUT2D eigenvalue weighted by atomic mass is 16.5. The summed E-state index contributed by atoms with van der Waals surface area (Å²) in [5, 5.41) is 5.91. The SMILES string of the molecule is COc1ccc(OC)c(N2CCN(CCNc3nccc(C(=O)NCCN)n3)CC2)c1. The number of nitrogens with zero attached hydrogens (tertiary/aromatic N) is 4. The summed E-state index contributed by atoms with van der Waals surface area (Å²) in [5.74, 6) is 1.87. The predicted octanol–water partition coefficient (Wildman–Crippen LogP) is 0.416. The lowest BCUT2D eigenvalue weighted by Gasteiger charge is -2.36. The molecule has 0 bridgehead atoms. The molecule has 1 fully saturated rings. The van der Waals surface area contributed by atoms with Gasteiger partial charge < -0.3 is 30.7 Å². The second-order valence-corrected chi connectivity index (χ2v) is 7.10. The van der Waals surface area contributed by atoms with E-state index in [1.165, 1.54) is 0 Å². The number of hydrogen-bond acceptors (Lipinski definition) is 9. The van der Waals surface area contributed by atoms with Gasteiger partial charge in [-0.25, -0.2) is 9.97 Å². The van der Waals surface area contributed by atoms with E-state index in [2.05, 4.69) is 30.4 Å². The fourth-order valence-electron chi connectivity index (χ4n) is 3.43. The number of piperazine rings is 1. The Labute approximate surface area is 182 Å². The Balaban J connectivity index is 1.47. The third-order valence-corrected chi connectivity index (χ3v) is 5.13. The summed E-state index contributed by atoms with van der Waals surface area (Å²) in [4.78, 5) is 25.2. The van der Waals surface area contributed by atoms with Crippen LogP contribution in [0.15, 0.2) is 30.5 Å². The number of rotatable bonds is 10. The van der Waals surface area contributed by atoms with Crippen molar-refractivity contribution in [3.05, 3.63) is 36.2 Å². The van der Waals surface area contributed by atoms with E-state index in [-0.39, 0.29) is 5.91 Å². The molecule has 0 spiro atoms. The first-order chi connectivity index (χ1) is 15.1. The van der Waals surface area contributed by atoms with Crippen LogP contribution < -0.4 is 30.7 Å². The Bertz CT molecular complexity index is 857. The van der Waals surface area contributed by atoms with Gasteiger partial charge in [-0.15, -0.1) is 0 Å². The number of anilines is 2. The minimum Gasteiger partial charge on any atom is -0.497 e. The van der Waals surface area contributed by atoms with Crippen molar-refractivity contribution in [1.82, 2.24) is 20.2 Å². The molecule has 1 saturated heterocycles. The van der Waals surface area contributed by atoms with Crippen LogP contribution in [0.25, 0.3) is 0 Å². The van der Waals surface area contributed by atoms with Gasteiger partial charge in [-0.1, -0.05) is 0 Å². The smallest absolute Gasteiger partial charge is 0.270 e. The Morgan fingerprint density at radius 1 is 1.13 bits per heavy atom. The van der Waals surface area contributed by atoms with E-state index in [0.29, 0.717) is 31.3 Å². The number of benzene rings is 1. The van der Waals surface area contributed by atoms with Crippen molar-refractivity contribution in [2.75, 3.05) is 76.8 Å². The van der Waals surface area contributed by atoms with Crippen LogP contribution in [-0.2, 0) is 0 Å². The van der Waals surface area contributed by atoms with Crippen molar-refractivity contribution in [3.63, 3.8) is 0 Å². The third kappa shape index (κ3) is 6.19. The molecule has 0 atom stereocenters. The number of nitrogens with one attached hydrogen (secondary N) is 2. The van der Waals surface area contributed by atoms with Crippen LogP contribution in [0, 0.1) is 0 Å². The minimum atomic E-state index is -0.250. The van der Waals surface area contributed by atoms with E-state index in [1.807, 2.05) is 18.2 Å². The largest absolute Gasteiger partial charge is 0.497 e. The maximum atomic E-state index is 12.0. The maximum absolute atomic E-state index is 12.0. The van der Waals surface area contributed by atoms with Crippen molar-refractivity contribution in [3.8, 4) is 11.5 Å². The van der Waals surface area contributed by atoms with E-state index >= 15 is 0 Å². The van der Waals surface area contributed by atoms with Crippen molar-refractivity contribution in [2.45, 2.75) is 0 Å². The third-order valence-electron chi connectivity index (χ3n) is 5.13. The van der Waals surface area contributed by atoms with Gasteiger partial charge in [0.1, 0.15) is 17.2 Å². The molecule has 1 aliphatic rings. The Kier molecular flexibility index (Phi) is 8.25. The van der Waals surface area contributed by atoms with Gasteiger partial charge in [0.25, 0.3) is 5.91 Å². The van der Waals surface area contributed by atoms with Crippen molar-refractivity contribution < 1.29 is 14.3 Å². The highest BCUT2D eigenvalue weighted by Gasteiger charge is 2.20. The molecule has 4 N–H and O–H groups in total. The number of nitrogens with two attached hydrogens (primary N) is 1. The van der Waals surface area contributed by atoms with E-state index in [1.54, 1.807) is 26.5 Å². The summed E-state index contributed by atoms with van der Waals surface area (Å²) in [6.45, 7) is 6.02. The summed E-state index contributed by atoms with van der Waals surface area (Å²) in [7, 11) is 3.36. The molecule has 0 saturated carbocycles. The summed E-state index contributed by atoms with van der Waals surface area (Å²) in [6.07, 6.45) is 1.58. The van der Waals surface area contributed by atoms with Gasteiger partial charge in [-0.3, -0.25) is 9.69 Å². The number of ether oxygens (including phenoxy) is 2. The van der Waals surface area contributed by atoms with Crippen LogP contribution in [0.3, 0.4) is 0 Å². The lowest BCUT2D eigenvalue weighted by Crippen LogP contribution is -2.47. The minimum absolute atomic E-state index is 0.250. The molecule has 0 unspecified atom stereocenters. The van der Waals surface area contributed by atoms with Gasteiger partial charge in [-0.05, 0) is 18.2 Å². The quantitative estimate of drug-likeness (QED) is 0.494. The van der Waals surface area contributed by atoms with Crippen LogP contribution in [0.1, 0.15) is 10.5 Å². The zero-order valence-electron chi connectivity index (χ0n) is 18.1. The van der Waals surface area contributed by atoms with Crippen molar-refractivity contribution >= 4 is 17.5 Å². The molecule has 1 aromatic carbocycles. The Hall–Kier alpha value is -3.11. The number of methoxy groups -OCH3 is 2. The van der Waals surface area contributed by atoms with E-state index in [0.717, 1.165) is 49.9 Å². The van der Waals surface area contributed by atoms with Crippen LogP contribution >= 0.6 is 0 Å². The van der Waals surface area contributed by atoms with E-state index < -0.39 is 0 Å². The van der Waals surface area contributed by atoms with Crippen molar-refractivity contribution in [1.29, 1.82) is 0 Å². The zero-order chi connectivity index (χ0) is 22.1. The number of hydrogen-bond donors (Lipinski definition) is 3. The molecule has 1 aromatic heterocycles. The van der Waals surface area contributed by atoms with Gasteiger partial charge in [0.15, 0.2) is 0 Å². The topological polar surface area (TPSA) is 118 Å². The van der Waals surface area contributed by atoms with Crippen LogP contribution in [0.5, 0.6) is 11.5 Å². The molecule has 10 nitrogen and oxygen atoms in total. The van der Waals surface area contributed by atoms with Gasteiger partial charge in [-0.2, -0.15) is 0 Å². The summed E-state index contributed by atoms with van der Waals surface area (Å²) in [5.41, 5.74) is 6.79. The highest BCUT2D eigenvalue weighted by molar-refractivity contribution is 5.92. The molecule has 31 heavy (non-hydrogen) atoms. The normalized spacial score (nSPS) is 14.2. The molecule has 1 amide bonds. The van der Waals surface area contributed by atoms with Crippen LogP contribution in [-0.4, -0.2) is 87.4 Å². The Morgan fingerprint density at radius 3 is 2.65 bits per heavy atom. The second-order valence-electron chi connectivity index (χ2n) is 7.10. The van der Waals surface area contributed by atoms with E-state index in [4.69, 9.17) is 15.2 Å². The molecule has 1 aliphatic heterocycles. The number of carbonyl (C=O) groups excluding carboxylic acids is 1. The lowest BCUT2D eigenvalue weighted by molar-refractivity contribution is 0.0949. The molecule has 2 heterocycles. The number of amides is 1. The van der Waals surface area contributed by atoms with Crippen LogP contribution in [0.4, 0.5) is 11.6 Å². The molecule has 0 radical (unpaired) electrons. The summed E-state index contributed by atoms with van der Waals surface area (Å²) >= 11 is 0. The fourth-order valence-corrected chi connectivity index (χ4v) is 3.43. The lowest BCUT2D eigenvalue weighted by atomic mass is 10.2. The molecule has 3 rings (SSSR count). The predicted molar refractivity (Wildman–Crippen MR) is 120 cm³/mol. The standard InChI is InChI=1S/C21H31N7O3/c1-30-16-3-4-19(31-2)18(15-16)28-13-11-27(12-14-28)10-9-25-21-24-7-5-17(26-21)20(29)23-8-6-22/h3-5,7,15H,6,8-14,22H2,1-2H3,(H,23,29)(H,24,25,26). The first kappa shape index (κ1) is 22.6. The first-order valence-electron chi connectivity index (χ1n) is 10.4. The van der Waals surface area contributed by atoms with E-state index in [9.17, 15) is 4.79 Å². The average Bonchev–Trinajstić information content (AvgIpc) is 2.82. The summed E-state index contributed by atoms with van der Waals surface area (Å²) < 4.78 is 10.9. The molecule has 168 valence electrons. The van der Waals surface area contributed by atoms with Crippen molar-refractivity contribution in [2.24, 2.45) is 5.73 Å². The highest BCUT2D eigenvalue weighted by Crippen LogP contribution is 2.32. The molecule has 2 aromatic rings. The number of carbonyl (C=O) groups is 1. The van der Waals surface area contributed by atoms with Crippen LogP contribution in [0.2, 0.25) is 0 Å². The van der Waals surface area contributed by atoms with Gasteiger partial charge in [0, 0.05) is 64.6 Å². The summed E-state index contributed by atoms with van der Waals surface area (Å²) in [6, 6.07) is 7.45. The second kappa shape index (κ2) is 11.3. The monoisotopic (exact) mass is 429 g/mol. The zero-order valence-corrected chi connectivity index (χ0v) is 18.1. The molecule has 10 heteroatoms. The molecular formula is C21H31N7O3. The van der Waals surface area contributed by atoms with Gasteiger partial charge >= 0.3 is 0 Å². The average molecular weight is 430 g/mol. The van der Waals surface area contributed by atoms with Gasteiger partial charge in [0.2, 0.25) is 5.95 Å². The number of aromatic nitrogens is 2. The first-order valence-corrected chi connectivity index (χ1v) is 10.4. The molecular weight excluding hydrogens is 398 g/mol. The maximum Gasteiger partial charge on any atom is 0.270 e. The fraction of sp³-hybridized carbons (Fsp3) is 0.476. The Morgan fingerprint density at radius 2 is 1.94 bits per heavy atom. The van der Waals surface area contributed by atoms with Gasteiger partial charge in [0.05, 0.1) is 19.9 Å².